The number of ketones is 2. The maximum atomic E-state index is 13.8. The molecule has 1 N–H and O–H groups in total. The Balaban J connectivity index is 1.51. The van der Waals surface area contributed by atoms with Crippen molar-refractivity contribution in [1.29, 1.82) is 0 Å². The first-order chi connectivity index (χ1) is 18.9. The summed E-state index contributed by atoms with van der Waals surface area (Å²) < 4.78 is 4.11. The van der Waals surface area contributed by atoms with Crippen LogP contribution in [0.1, 0.15) is 23.9 Å². The summed E-state index contributed by atoms with van der Waals surface area (Å²) in [5, 5.41) is 11.9. The topological polar surface area (TPSA) is 103 Å². The van der Waals surface area contributed by atoms with E-state index < -0.39 is 23.3 Å². The summed E-state index contributed by atoms with van der Waals surface area (Å²) >= 11 is 3.24. The van der Waals surface area contributed by atoms with E-state index in [4.69, 9.17) is 0 Å². The van der Waals surface area contributed by atoms with E-state index in [1.807, 2.05) is 24.3 Å². The minimum atomic E-state index is -0.657. The molecule has 1 aliphatic heterocycles. The molecule has 39 heavy (non-hydrogen) atoms. The Kier molecular flexibility index (Phi) is 5.15. The molecule has 9 heteroatoms. The second-order valence-electron chi connectivity index (χ2n) is 9.82. The highest BCUT2D eigenvalue weighted by Crippen LogP contribution is 2.51. The molecule has 8 nitrogen and oxygen atoms in total. The molecule has 0 saturated carbocycles. The normalized spacial score (nSPS) is 20.3. The molecule has 2 atom stereocenters. The van der Waals surface area contributed by atoms with Crippen molar-refractivity contribution >= 4 is 38.3 Å². The van der Waals surface area contributed by atoms with Crippen LogP contribution in [0.5, 0.6) is 5.75 Å². The van der Waals surface area contributed by atoms with Gasteiger partial charge in [-0.2, -0.15) is 0 Å². The van der Waals surface area contributed by atoms with Gasteiger partial charge in [0.15, 0.2) is 11.6 Å². The van der Waals surface area contributed by atoms with E-state index in [0.717, 1.165) is 21.1 Å². The van der Waals surface area contributed by atoms with Gasteiger partial charge in [0.25, 0.3) is 0 Å². The number of para-hydroxylation sites is 1. The second-order valence-corrected chi connectivity index (χ2v) is 10.7. The lowest BCUT2D eigenvalue weighted by atomic mass is 9.68. The zero-order valence-electron chi connectivity index (χ0n) is 20.4. The van der Waals surface area contributed by atoms with Crippen LogP contribution in [0.4, 0.5) is 0 Å². The van der Waals surface area contributed by atoms with Crippen LogP contribution in [-0.4, -0.2) is 30.6 Å². The van der Waals surface area contributed by atoms with Gasteiger partial charge in [0.1, 0.15) is 5.75 Å². The van der Waals surface area contributed by atoms with Gasteiger partial charge in [0.05, 0.1) is 22.8 Å². The molecule has 2 heterocycles. The van der Waals surface area contributed by atoms with Gasteiger partial charge in [0, 0.05) is 34.9 Å². The minimum Gasteiger partial charge on any atom is -0.507 e. The lowest BCUT2D eigenvalue weighted by molar-refractivity contribution is -0.115. The molecule has 192 valence electrons. The molecule has 0 bridgehead atoms. The van der Waals surface area contributed by atoms with Gasteiger partial charge in [-0.1, -0.05) is 54.6 Å². The minimum absolute atomic E-state index is 0.0966. The van der Waals surface area contributed by atoms with Gasteiger partial charge in [-0.05, 0) is 50.7 Å². The Bertz CT molecular complexity index is 1970. The first-order valence-electron chi connectivity index (χ1n) is 12.5. The lowest BCUT2D eigenvalue weighted by Gasteiger charge is -2.39. The molecule has 0 spiro atoms. The Labute approximate surface area is 229 Å². The number of phenols is 1. The third-order valence-electron chi connectivity index (χ3n) is 7.86. The Morgan fingerprint density at radius 1 is 0.846 bits per heavy atom. The molecule has 3 aromatic carbocycles. The first-order valence-corrected chi connectivity index (χ1v) is 13.3. The molecular formula is C30H20BrN3O5. The van der Waals surface area contributed by atoms with Gasteiger partial charge in [-0.15, -0.1) is 0 Å². The van der Waals surface area contributed by atoms with Crippen molar-refractivity contribution in [1.82, 2.24) is 13.9 Å². The SMILES string of the molecule is O=C1C=C(Br)C(=O)C2=C1[C@@H](c1ccc(O)c3ccccc13)C1=CCn3c(=O)n(-c4ccccc4)c(=O)n3[C@@H]1C2. The van der Waals surface area contributed by atoms with Crippen LogP contribution in [0.25, 0.3) is 16.5 Å². The molecular weight excluding hydrogens is 562 g/mol. The fourth-order valence-electron chi connectivity index (χ4n) is 6.19. The molecule has 3 aliphatic rings. The van der Waals surface area contributed by atoms with E-state index in [1.54, 1.807) is 48.5 Å². The summed E-state index contributed by atoms with van der Waals surface area (Å²) in [6, 6.07) is 18.7. The average Bonchev–Trinajstić information content (AvgIpc) is 3.21. The quantitative estimate of drug-likeness (QED) is 0.284. The first kappa shape index (κ1) is 23.6. The van der Waals surface area contributed by atoms with Gasteiger partial charge in [-0.3, -0.25) is 9.59 Å². The van der Waals surface area contributed by atoms with Crippen molar-refractivity contribution in [3.05, 3.63) is 127 Å². The zero-order chi connectivity index (χ0) is 27.0. The standard InChI is InChI=1S/C30H20BrN3O5/c31-22-15-25(36)27-21(28(22)37)14-23-20(26(27)19-10-11-24(35)18-9-5-4-8-17(18)19)12-13-32-29(38)33(30(39)34(23)32)16-6-2-1-3-7-16/h1-12,15,23,26,35H,13-14H2/t23-,26+/m1/s1. The largest absolute Gasteiger partial charge is 0.507 e. The number of carbonyl (C=O) groups excluding carboxylic acids is 2. The molecule has 4 aromatic rings. The van der Waals surface area contributed by atoms with E-state index in [2.05, 4.69) is 15.9 Å². The maximum Gasteiger partial charge on any atom is 0.352 e. The van der Waals surface area contributed by atoms with E-state index in [0.29, 0.717) is 22.2 Å². The van der Waals surface area contributed by atoms with E-state index in [1.165, 1.54) is 15.4 Å². The van der Waals surface area contributed by atoms with Gasteiger partial charge in [0.2, 0.25) is 0 Å². The van der Waals surface area contributed by atoms with Crippen molar-refractivity contribution in [3.63, 3.8) is 0 Å². The molecule has 7 rings (SSSR count). The third kappa shape index (κ3) is 3.29. The van der Waals surface area contributed by atoms with Gasteiger partial charge < -0.3 is 5.11 Å². The fourth-order valence-corrected chi connectivity index (χ4v) is 6.64. The zero-order valence-corrected chi connectivity index (χ0v) is 22.0. The third-order valence-corrected chi connectivity index (χ3v) is 8.45. The number of aromatic nitrogens is 3. The number of hydrogen-bond donors (Lipinski definition) is 1. The Hall–Kier alpha value is -4.50. The number of rotatable bonds is 2. The molecule has 0 unspecified atom stereocenters. The van der Waals surface area contributed by atoms with Crippen molar-refractivity contribution in [2.75, 3.05) is 0 Å². The molecule has 0 fully saturated rings. The van der Waals surface area contributed by atoms with Gasteiger partial charge >= 0.3 is 11.4 Å². The van der Waals surface area contributed by atoms with Crippen molar-refractivity contribution in [2.45, 2.75) is 24.9 Å². The number of carbonyl (C=O) groups is 2. The smallest absolute Gasteiger partial charge is 0.352 e. The lowest BCUT2D eigenvalue weighted by Crippen LogP contribution is -2.40. The fraction of sp³-hybridized carbons (Fsp3) is 0.133. The predicted octanol–water partition coefficient (Wildman–Crippen LogP) is 4.06. The van der Waals surface area contributed by atoms with Gasteiger partial charge in [-0.25, -0.2) is 23.5 Å². The van der Waals surface area contributed by atoms with Crippen LogP contribution in [0, 0.1) is 0 Å². The van der Waals surface area contributed by atoms with E-state index >= 15 is 0 Å². The van der Waals surface area contributed by atoms with Crippen LogP contribution in [0.3, 0.4) is 0 Å². The highest BCUT2D eigenvalue weighted by atomic mass is 79.9. The average molecular weight is 582 g/mol. The van der Waals surface area contributed by atoms with Crippen molar-refractivity contribution in [2.24, 2.45) is 0 Å². The van der Waals surface area contributed by atoms with Crippen molar-refractivity contribution in [3.8, 4) is 11.4 Å². The van der Waals surface area contributed by atoms with Crippen LogP contribution in [0.2, 0.25) is 0 Å². The number of allylic oxidation sites excluding steroid dienone is 6. The molecule has 0 saturated heterocycles. The number of aromatic hydroxyl groups is 1. The summed E-state index contributed by atoms with van der Waals surface area (Å²) in [6.07, 6.45) is 3.29. The molecule has 2 aliphatic carbocycles. The van der Waals surface area contributed by atoms with Crippen LogP contribution >= 0.6 is 15.9 Å². The number of fused-ring (bicyclic) bond motifs is 4. The van der Waals surface area contributed by atoms with Crippen LogP contribution in [-0.2, 0) is 16.1 Å². The summed E-state index contributed by atoms with van der Waals surface area (Å²) in [5.41, 5.74) is 1.67. The number of phenolic OH excluding ortho intramolecular Hbond substituents is 1. The maximum absolute atomic E-state index is 13.8. The van der Waals surface area contributed by atoms with E-state index in [9.17, 15) is 24.3 Å². The monoisotopic (exact) mass is 581 g/mol. The molecule has 0 amide bonds. The van der Waals surface area contributed by atoms with Crippen LogP contribution in [0.15, 0.2) is 110 Å². The summed E-state index contributed by atoms with van der Waals surface area (Å²) in [4.78, 5) is 54.1. The number of hydrogen-bond acceptors (Lipinski definition) is 5. The summed E-state index contributed by atoms with van der Waals surface area (Å²) in [7, 11) is 0. The molecule has 1 aromatic heterocycles. The van der Waals surface area contributed by atoms with Crippen LogP contribution < -0.4 is 11.4 Å². The predicted molar refractivity (Wildman–Crippen MR) is 148 cm³/mol. The summed E-state index contributed by atoms with van der Waals surface area (Å²) in [6.45, 7) is 0.135. The number of benzene rings is 3. The molecule has 0 radical (unpaired) electrons. The van der Waals surface area contributed by atoms with Crippen molar-refractivity contribution < 1.29 is 14.7 Å². The number of nitrogens with zero attached hydrogens (tertiary/aromatic N) is 3. The Morgan fingerprint density at radius 2 is 1.56 bits per heavy atom. The number of halogens is 1. The number of Topliss-reactive ketones (excluding diaryl/α,β-unsaturated/α-hetero) is 1. The summed E-state index contributed by atoms with van der Waals surface area (Å²) in [5.74, 6) is -1.14. The highest BCUT2D eigenvalue weighted by Gasteiger charge is 2.45. The van der Waals surface area contributed by atoms with E-state index in [-0.39, 0.29) is 34.8 Å². The highest BCUT2D eigenvalue weighted by molar-refractivity contribution is 9.12. The Morgan fingerprint density at radius 3 is 2.33 bits per heavy atom. The second kappa shape index (κ2) is 8.51.